The second kappa shape index (κ2) is 32.2. The number of benzene rings is 2. The van der Waals surface area contributed by atoms with E-state index in [4.69, 9.17) is 32.2 Å². The van der Waals surface area contributed by atoms with Gasteiger partial charge in [0.05, 0.1) is 24.8 Å². The number of hydrogen-bond acceptors (Lipinski definition) is 17. The van der Waals surface area contributed by atoms with Gasteiger partial charge in [-0.3, -0.25) is 14.5 Å². The minimum atomic E-state index is -1.11. The molecular formula is C54H73ClN12O10. The summed E-state index contributed by atoms with van der Waals surface area (Å²) < 4.78 is 16.1. The van der Waals surface area contributed by atoms with E-state index in [1.54, 1.807) is 97.5 Å². The van der Waals surface area contributed by atoms with Crippen molar-refractivity contribution >= 4 is 82.4 Å². The van der Waals surface area contributed by atoms with Crippen molar-refractivity contribution in [2.75, 3.05) is 97.4 Å². The third-order valence-corrected chi connectivity index (χ3v) is 10.6. The van der Waals surface area contributed by atoms with Gasteiger partial charge in [0.15, 0.2) is 11.6 Å². The molecule has 0 fully saturated rings. The zero-order valence-corrected chi connectivity index (χ0v) is 47.0. The van der Waals surface area contributed by atoms with Crippen molar-refractivity contribution in [1.29, 1.82) is 0 Å². The molecule has 4 aromatic rings. The lowest BCUT2D eigenvalue weighted by Crippen LogP contribution is -2.38. The molecule has 23 heteroatoms. The number of anilines is 6. The van der Waals surface area contributed by atoms with Gasteiger partial charge in [-0.15, -0.1) is 24.4 Å². The maximum absolute atomic E-state index is 13.2. The first-order valence-corrected chi connectivity index (χ1v) is 25.1. The van der Waals surface area contributed by atoms with Gasteiger partial charge < -0.3 is 54.9 Å². The SMILES string of the molecule is C#CCCl.C#CCN(C(C)=O)c1cnc(N(CC)CC)nc1N[C@@H](Cc1ccc(OC(=O)N(C)C)cc1)C(=O)O.CCN(CC)c1ncc(NC(C)=O)c(N[C@@H](Cc2ccc(OC(=O)N(C)C)cc2)C(=O)OC(C)(C)C)n1. The van der Waals surface area contributed by atoms with Crippen molar-refractivity contribution in [3.8, 4) is 36.2 Å². The van der Waals surface area contributed by atoms with E-state index in [0.717, 1.165) is 5.56 Å². The van der Waals surface area contributed by atoms with Crippen molar-refractivity contribution in [2.45, 2.75) is 92.8 Å². The number of rotatable bonds is 21. The summed E-state index contributed by atoms with van der Waals surface area (Å²) in [5.41, 5.74) is 1.41. The van der Waals surface area contributed by atoms with Gasteiger partial charge in [0.25, 0.3) is 0 Å². The predicted octanol–water partition coefficient (Wildman–Crippen LogP) is 7.04. The number of ether oxygens (including phenoxy) is 3. The number of nitrogens with zero attached hydrogens (tertiary/aromatic N) is 9. The van der Waals surface area contributed by atoms with Crippen LogP contribution >= 0.6 is 11.6 Å². The van der Waals surface area contributed by atoms with Gasteiger partial charge in [-0.2, -0.15) is 9.97 Å². The van der Waals surface area contributed by atoms with Gasteiger partial charge in [-0.1, -0.05) is 36.1 Å². The quantitative estimate of drug-likeness (QED) is 0.0371. The highest BCUT2D eigenvalue weighted by molar-refractivity contribution is 6.19. The average Bonchev–Trinajstić information content (AvgIpc) is 3.37. The maximum Gasteiger partial charge on any atom is 0.414 e. The second-order valence-electron chi connectivity index (χ2n) is 18.0. The normalized spacial score (nSPS) is 11.1. The lowest BCUT2D eigenvalue weighted by atomic mass is 10.0. The molecule has 0 aliphatic rings. The van der Waals surface area contributed by atoms with E-state index >= 15 is 0 Å². The molecule has 0 bridgehead atoms. The Morgan fingerprint density at radius 3 is 1.49 bits per heavy atom. The molecule has 0 saturated carbocycles. The fourth-order valence-electron chi connectivity index (χ4n) is 6.55. The zero-order chi connectivity index (χ0) is 58.0. The molecule has 0 unspecified atom stereocenters. The molecule has 2 atom stereocenters. The molecule has 2 aromatic carbocycles. The number of alkyl halides is 1. The van der Waals surface area contributed by atoms with Crippen LogP contribution in [0, 0.1) is 24.7 Å². The third-order valence-electron chi connectivity index (χ3n) is 10.4. The minimum Gasteiger partial charge on any atom is -0.480 e. The maximum atomic E-state index is 13.2. The summed E-state index contributed by atoms with van der Waals surface area (Å²) in [7, 11) is 6.34. The molecule has 0 aliphatic heterocycles. The molecule has 2 aromatic heterocycles. The Balaban J connectivity index is 0.000000492. The van der Waals surface area contributed by atoms with Gasteiger partial charge in [0.2, 0.25) is 23.7 Å². The summed E-state index contributed by atoms with van der Waals surface area (Å²) in [6, 6.07) is 11.5. The Hall–Kier alpha value is -8.37. The fourth-order valence-corrected chi connectivity index (χ4v) is 6.55. The first-order valence-electron chi connectivity index (χ1n) is 24.5. The summed E-state index contributed by atoms with van der Waals surface area (Å²) in [6.45, 7) is 18.7. The van der Waals surface area contributed by atoms with Crippen LogP contribution in [0.2, 0.25) is 0 Å². The van der Waals surface area contributed by atoms with E-state index in [-0.39, 0.29) is 42.7 Å². The van der Waals surface area contributed by atoms with Gasteiger partial charge in [0.1, 0.15) is 40.6 Å². The summed E-state index contributed by atoms with van der Waals surface area (Å²) in [4.78, 5) is 98.7. The highest BCUT2D eigenvalue weighted by atomic mass is 35.5. The molecule has 22 nitrogen and oxygen atoms in total. The van der Waals surface area contributed by atoms with Crippen LogP contribution in [0.1, 0.15) is 73.4 Å². The van der Waals surface area contributed by atoms with Crippen LogP contribution in [0.25, 0.3) is 0 Å². The molecule has 0 aliphatic carbocycles. The highest BCUT2D eigenvalue weighted by Gasteiger charge is 2.29. The van der Waals surface area contributed by atoms with E-state index in [1.165, 1.54) is 40.9 Å². The number of nitrogens with one attached hydrogen (secondary N) is 3. The molecule has 416 valence electrons. The van der Waals surface area contributed by atoms with Crippen LogP contribution in [-0.4, -0.2) is 155 Å². The van der Waals surface area contributed by atoms with Crippen LogP contribution in [-0.2, 0) is 36.8 Å². The fraction of sp³-hybridized carbons (Fsp3) is 0.444. The van der Waals surface area contributed by atoms with Crippen molar-refractivity contribution in [3.05, 3.63) is 72.1 Å². The summed E-state index contributed by atoms with van der Waals surface area (Å²) in [5, 5.41) is 18.8. The summed E-state index contributed by atoms with van der Waals surface area (Å²) >= 11 is 4.95. The van der Waals surface area contributed by atoms with E-state index in [9.17, 15) is 33.9 Å². The monoisotopic (exact) mass is 1080 g/mol. The van der Waals surface area contributed by atoms with Crippen LogP contribution in [0.4, 0.5) is 44.5 Å². The van der Waals surface area contributed by atoms with Crippen molar-refractivity contribution < 1.29 is 48.1 Å². The largest absolute Gasteiger partial charge is 0.480 e. The number of aromatic nitrogens is 4. The van der Waals surface area contributed by atoms with Crippen molar-refractivity contribution in [3.63, 3.8) is 0 Å². The van der Waals surface area contributed by atoms with Gasteiger partial charge in [-0.25, -0.2) is 29.1 Å². The lowest BCUT2D eigenvalue weighted by Gasteiger charge is -2.26. The number of carbonyl (C=O) groups excluding carboxylic acids is 5. The summed E-state index contributed by atoms with van der Waals surface area (Å²) in [5.74, 6) is 4.81. The number of carboxylic acids is 1. The minimum absolute atomic E-state index is 0.0249. The Morgan fingerprint density at radius 1 is 0.688 bits per heavy atom. The number of aliphatic carboxylic acids is 1. The Morgan fingerprint density at radius 2 is 1.12 bits per heavy atom. The van der Waals surface area contributed by atoms with Crippen LogP contribution in [0.5, 0.6) is 11.5 Å². The average molecular weight is 1090 g/mol. The van der Waals surface area contributed by atoms with E-state index in [0.29, 0.717) is 72.5 Å². The number of amides is 4. The van der Waals surface area contributed by atoms with Crippen molar-refractivity contribution in [1.82, 2.24) is 29.7 Å². The zero-order valence-electron chi connectivity index (χ0n) is 46.3. The Bertz CT molecular complexity index is 2660. The second-order valence-corrected chi connectivity index (χ2v) is 18.3. The van der Waals surface area contributed by atoms with Crippen LogP contribution < -0.4 is 40.1 Å². The number of hydrogen-bond donors (Lipinski definition) is 4. The molecule has 0 radical (unpaired) electrons. The molecule has 4 N–H and O–H groups in total. The smallest absolute Gasteiger partial charge is 0.414 e. The number of carboxylic acid groups (broad SMARTS) is 1. The Labute approximate surface area is 457 Å². The van der Waals surface area contributed by atoms with Crippen molar-refractivity contribution in [2.24, 2.45) is 0 Å². The predicted molar refractivity (Wildman–Crippen MR) is 300 cm³/mol. The van der Waals surface area contributed by atoms with Gasteiger partial charge >= 0.3 is 24.1 Å². The lowest BCUT2D eigenvalue weighted by molar-refractivity contribution is -0.155. The standard InChI is InChI=1S/C26H38N6O5.C25H32N6O5.C3H3Cl/c1-9-32(10-2)24-27-16-21(28-17(3)33)22(30-24)29-20(23(34)37-26(4,5)6)15-18-11-13-19(14-12-18)36-25(35)31(7)8;1-7-14-31(17(4)32)21-16-26-24(30(8-2)9-3)28-22(21)27-20(23(33)34)15-18-10-12-19(13-11-18)36-25(35)29(5)6;1-2-3-4/h11-14,16,20H,9-10,15H2,1-8H3,(H,28,33)(H,27,29,30);1,10-13,16,20H,8-9,14-15H2,2-6H3,(H,33,34)(H,26,27,28);1H,3H2/t2*20-;/m00./s1. The molecule has 0 saturated heterocycles. The van der Waals surface area contributed by atoms with E-state index in [1.807, 2.05) is 37.5 Å². The van der Waals surface area contributed by atoms with Crippen LogP contribution in [0.3, 0.4) is 0 Å². The number of carbonyl (C=O) groups is 6. The molecule has 4 amide bonds. The van der Waals surface area contributed by atoms with E-state index in [2.05, 4.69) is 54.2 Å². The topological polar surface area (TPSA) is 254 Å². The van der Waals surface area contributed by atoms with Gasteiger partial charge in [-0.05, 0) is 83.9 Å². The number of esters is 1. The highest BCUT2D eigenvalue weighted by Crippen LogP contribution is 2.28. The molecular weight excluding hydrogens is 1010 g/mol. The first-order chi connectivity index (χ1) is 36.3. The van der Waals surface area contributed by atoms with E-state index < -0.39 is 41.8 Å². The molecule has 4 rings (SSSR count). The van der Waals surface area contributed by atoms with Crippen LogP contribution in [0.15, 0.2) is 60.9 Å². The summed E-state index contributed by atoms with van der Waals surface area (Å²) in [6.07, 6.45) is 12.4. The molecule has 77 heavy (non-hydrogen) atoms. The first kappa shape index (κ1) is 64.7. The van der Waals surface area contributed by atoms with Gasteiger partial charge in [0, 0.05) is 81.1 Å². The molecule has 0 spiro atoms. The molecule has 2 heterocycles. The Kier molecular flexibility index (Phi) is 27.0. The number of terminal acetylenes is 2. The number of halogens is 1. The third kappa shape index (κ3) is 22.2.